The molecule has 1 aliphatic heterocycles. The third-order valence-corrected chi connectivity index (χ3v) is 8.78. The second kappa shape index (κ2) is 9.56. The molecule has 0 fully saturated rings. The molecule has 1 aliphatic rings. The summed E-state index contributed by atoms with van der Waals surface area (Å²) in [5.41, 5.74) is 1.63. The van der Waals surface area contributed by atoms with Crippen LogP contribution in [0.2, 0.25) is 0 Å². The maximum absolute atomic E-state index is 13.6. The molecule has 5 rings (SSSR count). The number of rotatable bonds is 6. The van der Waals surface area contributed by atoms with Crippen LogP contribution in [-0.2, 0) is 14.8 Å². The number of carbonyl (C=O) groups is 1. The van der Waals surface area contributed by atoms with E-state index in [0.717, 1.165) is 21.6 Å². The lowest BCUT2D eigenvalue weighted by Gasteiger charge is -2.34. The quantitative estimate of drug-likeness (QED) is 0.393. The molecule has 1 N–H and O–H groups in total. The molecule has 0 saturated heterocycles. The van der Waals surface area contributed by atoms with Gasteiger partial charge in [0.1, 0.15) is 11.5 Å². The van der Waals surface area contributed by atoms with E-state index < -0.39 is 22.0 Å². The second-order valence-corrected chi connectivity index (χ2v) is 11.6. The molecule has 11 heteroatoms. The molecular formula is C26H25N3O6S2. The number of carbonyl (C=O) groups excluding carboxylic acids is 1. The number of aromatic nitrogens is 1. The summed E-state index contributed by atoms with van der Waals surface area (Å²) in [7, 11) is -2.49. The first-order valence-corrected chi connectivity index (χ1v) is 13.8. The lowest BCUT2D eigenvalue weighted by Crippen LogP contribution is -2.48. The van der Waals surface area contributed by atoms with E-state index in [2.05, 4.69) is 5.32 Å². The number of thiazole rings is 1. The number of para-hydroxylation sites is 2. The van der Waals surface area contributed by atoms with Crippen molar-refractivity contribution in [1.29, 1.82) is 0 Å². The molecule has 2 heterocycles. The fourth-order valence-electron chi connectivity index (χ4n) is 4.27. The monoisotopic (exact) mass is 539 g/mol. The highest BCUT2D eigenvalue weighted by Gasteiger charge is 2.37. The number of amides is 1. The van der Waals surface area contributed by atoms with Gasteiger partial charge < -0.3 is 14.8 Å². The summed E-state index contributed by atoms with van der Waals surface area (Å²) in [6.45, 7) is 3.66. The summed E-state index contributed by atoms with van der Waals surface area (Å²) >= 11 is 1.11. The third kappa shape index (κ3) is 4.56. The van der Waals surface area contributed by atoms with E-state index in [0.29, 0.717) is 17.1 Å². The highest BCUT2D eigenvalue weighted by atomic mass is 32.2. The Hall–Kier alpha value is -3.83. The Morgan fingerprint density at radius 1 is 1.11 bits per heavy atom. The van der Waals surface area contributed by atoms with Gasteiger partial charge in [-0.25, -0.2) is 8.42 Å². The van der Waals surface area contributed by atoms with Gasteiger partial charge >= 0.3 is 4.87 Å². The van der Waals surface area contributed by atoms with Crippen molar-refractivity contribution in [3.63, 3.8) is 0 Å². The van der Waals surface area contributed by atoms with Crippen LogP contribution in [0.15, 0.2) is 76.4 Å². The first-order valence-electron chi connectivity index (χ1n) is 11.6. The van der Waals surface area contributed by atoms with Gasteiger partial charge in [0.2, 0.25) is 0 Å². The molecule has 9 nitrogen and oxygen atoms in total. The molecule has 0 radical (unpaired) electrons. The average molecular weight is 540 g/mol. The van der Waals surface area contributed by atoms with Gasteiger partial charge in [0.15, 0.2) is 6.10 Å². The van der Waals surface area contributed by atoms with Gasteiger partial charge in [-0.15, -0.1) is 0 Å². The molecule has 0 bridgehead atoms. The van der Waals surface area contributed by atoms with Crippen molar-refractivity contribution in [2.75, 3.05) is 23.3 Å². The molecule has 4 aromatic rings. The molecule has 1 amide bonds. The topological polar surface area (TPSA) is 107 Å². The largest absolute Gasteiger partial charge is 0.497 e. The highest BCUT2D eigenvalue weighted by molar-refractivity contribution is 7.92. The number of hydrogen-bond acceptors (Lipinski definition) is 7. The predicted molar refractivity (Wildman–Crippen MR) is 143 cm³/mol. The molecule has 192 valence electrons. The summed E-state index contributed by atoms with van der Waals surface area (Å²) in [5.74, 6) is 0.317. The van der Waals surface area contributed by atoms with Crippen LogP contribution in [0.3, 0.4) is 0 Å². The predicted octanol–water partition coefficient (Wildman–Crippen LogP) is 4.25. The number of benzene rings is 3. The molecule has 0 spiro atoms. The van der Waals surface area contributed by atoms with E-state index >= 15 is 0 Å². The van der Waals surface area contributed by atoms with Crippen LogP contribution < -0.4 is 24.0 Å². The van der Waals surface area contributed by atoms with Crippen LogP contribution in [-0.4, -0.2) is 38.7 Å². The lowest BCUT2D eigenvalue weighted by atomic mass is 10.2. The van der Waals surface area contributed by atoms with Crippen LogP contribution in [0.1, 0.15) is 19.9 Å². The third-order valence-electron chi connectivity index (χ3n) is 6.07. The SMILES string of the molecule is COc1ccc(S(=O)(=O)N2C[C@@H](C(=O)Nc3ccc4c(c3)sc(=O)n4C(C)C)Oc3ccccc32)cc1. The van der Waals surface area contributed by atoms with Crippen molar-refractivity contribution < 1.29 is 22.7 Å². The summed E-state index contributed by atoms with van der Waals surface area (Å²) in [6, 6.07) is 18.0. The lowest BCUT2D eigenvalue weighted by molar-refractivity contribution is -0.122. The van der Waals surface area contributed by atoms with Crippen LogP contribution >= 0.6 is 11.3 Å². The van der Waals surface area contributed by atoms with Gasteiger partial charge in [-0.2, -0.15) is 0 Å². The highest BCUT2D eigenvalue weighted by Crippen LogP contribution is 2.37. The molecule has 0 saturated carbocycles. The minimum Gasteiger partial charge on any atom is -0.497 e. The summed E-state index contributed by atoms with van der Waals surface area (Å²) < 4.78 is 41.8. The number of methoxy groups -OCH3 is 1. The van der Waals surface area contributed by atoms with E-state index in [1.807, 2.05) is 13.8 Å². The molecule has 37 heavy (non-hydrogen) atoms. The Balaban J connectivity index is 1.44. The van der Waals surface area contributed by atoms with Gasteiger partial charge in [0.25, 0.3) is 15.9 Å². The number of nitrogens with zero attached hydrogens (tertiary/aromatic N) is 2. The number of sulfonamides is 1. The Morgan fingerprint density at radius 3 is 2.54 bits per heavy atom. The van der Waals surface area contributed by atoms with Crippen LogP contribution in [0.5, 0.6) is 11.5 Å². The van der Waals surface area contributed by atoms with Gasteiger partial charge in [-0.3, -0.25) is 18.5 Å². The second-order valence-electron chi connectivity index (χ2n) is 8.79. The maximum Gasteiger partial charge on any atom is 0.308 e. The molecule has 0 aliphatic carbocycles. The Kier molecular flexibility index (Phi) is 6.42. The first-order chi connectivity index (χ1) is 17.7. The standard InChI is InChI=1S/C26H25N3O6S2/c1-16(2)29-21-13-8-17(14-24(21)36-26(29)31)27-25(30)23-15-28(20-6-4-5-7-22(20)35-23)37(32,33)19-11-9-18(34-3)10-12-19/h4-14,16,23H,15H2,1-3H3,(H,27,30)/t23-/m0/s1. The van der Waals surface area contributed by atoms with Crippen molar-refractivity contribution in [2.24, 2.45) is 0 Å². The number of ether oxygens (including phenoxy) is 2. The van der Waals surface area contributed by atoms with Crippen LogP contribution in [0, 0.1) is 0 Å². The van der Waals surface area contributed by atoms with Crippen molar-refractivity contribution in [2.45, 2.75) is 30.9 Å². The number of anilines is 2. The van der Waals surface area contributed by atoms with Crippen molar-refractivity contribution >= 4 is 48.9 Å². The van der Waals surface area contributed by atoms with E-state index in [1.165, 1.54) is 23.5 Å². The van der Waals surface area contributed by atoms with Crippen molar-refractivity contribution in [3.05, 3.63) is 76.4 Å². The maximum atomic E-state index is 13.6. The van der Waals surface area contributed by atoms with Gasteiger partial charge in [-0.1, -0.05) is 23.5 Å². The zero-order valence-corrected chi connectivity index (χ0v) is 22.0. The number of nitrogens with one attached hydrogen (secondary N) is 1. The van der Waals surface area contributed by atoms with Crippen molar-refractivity contribution in [1.82, 2.24) is 4.57 Å². The summed E-state index contributed by atoms with van der Waals surface area (Å²) in [6.07, 6.45) is -1.10. The molecule has 0 unspecified atom stereocenters. The summed E-state index contributed by atoms with van der Waals surface area (Å²) in [5, 5.41) is 2.81. The Labute approximate surface area is 217 Å². The van der Waals surface area contributed by atoms with Gasteiger partial charge in [-0.05, 0) is 68.4 Å². The van der Waals surface area contributed by atoms with Crippen LogP contribution in [0.4, 0.5) is 11.4 Å². The molecule has 1 atom stereocenters. The van der Waals surface area contributed by atoms with Gasteiger partial charge in [0, 0.05) is 11.7 Å². The fourth-order valence-corrected chi connectivity index (χ4v) is 6.80. The zero-order chi connectivity index (χ0) is 26.3. The normalized spacial score (nSPS) is 15.4. The Morgan fingerprint density at radius 2 is 1.84 bits per heavy atom. The van der Waals surface area contributed by atoms with E-state index in [1.54, 1.807) is 59.2 Å². The summed E-state index contributed by atoms with van der Waals surface area (Å²) in [4.78, 5) is 25.6. The molecular weight excluding hydrogens is 514 g/mol. The van der Waals surface area contributed by atoms with E-state index in [-0.39, 0.29) is 28.1 Å². The number of fused-ring (bicyclic) bond motifs is 2. The van der Waals surface area contributed by atoms with Crippen molar-refractivity contribution in [3.8, 4) is 11.5 Å². The van der Waals surface area contributed by atoms with E-state index in [4.69, 9.17) is 9.47 Å². The first kappa shape index (κ1) is 24.8. The van der Waals surface area contributed by atoms with Crippen LogP contribution in [0.25, 0.3) is 10.2 Å². The fraction of sp³-hybridized carbons (Fsp3) is 0.231. The zero-order valence-electron chi connectivity index (χ0n) is 20.4. The number of hydrogen-bond donors (Lipinski definition) is 1. The van der Waals surface area contributed by atoms with Gasteiger partial charge in [0.05, 0.1) is 34.5 Å². The Bertz CT molecular complexity index is 1640. The average Bonchev–Trinajstić information content (AvgIpc) is 3.23. The molecule has 3 aromatic carbocycles. The smallest absolute Gasteiger partial charge is 0.308 e. The van der Waals surface area contributed by atoms with E-state index in [9.17, 15) is 18.0 Å². The minimum absolute atomic E-state index is 0.0102. The minimum atomic E-state index is -4.00. The molecule has 1 aromatic heterocycles.